The molecule has 0 radical (unpaired) electrons. The van der Waals surface area contributed by atoms with Crippen molar-refractivity contribution >= 4 is 51.1 Å². The van der Waals surface area contributed by atoms with Gasteiger partial charge in [-0.25, -0.2) is 0 Å². The number of carbonyl (C=O) groups is 1. The highest BCUT2D eigenvalue weighted by molar-refractivity contribution is 8.26. The molecule has 0 unspecified atom stereocenters. The number of amides is 1. The van der Waals surface area contributed by atoms with Gasteiger partial charge in [0, 0.05) is 5.56 Å². The summed E-state index contributed by atoms with van der Waals surface area (Å²) in [5.41, 5.74) is 0.431. The topological polar surface area (TPSA) is 38.3 Å². The van der Waals surface area contributed by atoms with E-state index >= 15 is 0 Å². The monoisotopic (exact) mass is 337 g/mol. The molecule has 0 aliphatic carbocycles. The number of fused-ring (bicyclic) bond motifs is 1. The second-order valence-electron chi connectivity index (χ2n) is 4.43. The molecule has 2 aromatic carbocycles. The van der Waals surface area contributed by atoms with E-state index in [4.69, 9.17) is 12.2 Å². The number of ether oxygens (including phenoxy) is 1. The summed E-state index contributed by atoms with van der Waals surface area (Å²) in [6, 6.07) is 10.5. The molecule has 1 heterocycles. The number of carbonyl (C=O) groups excluding carboxylic acids is 1. The van der Waals surface area contributed by atoms with Crippen molar-refractivity contribution in [2.75, 3.05) is 0 Å². The van der Waals surface area contributed by atoms with E-state index in [0.29, 0.717) is 14.8 Å². The van der Waals surface area contributed by atoms with E-state index in [2.05, 4.69) is 10.1 Å². The Bertz CT molecular complexity index is 805. The molecule has 0 bridgehead atoms. The van der Waals surface area contributed by atoms with Crippen molar-refractivity contribution in [2.24, 2.45) is 0 Å². The molecule has 7 heteroatoms. The third-order valence-corrected chi connectivity index (χ3v) is 4.23. The second-order valence-corrected chi connectivity index (χ2v) is 6.15. The lowest BCUT2D eigenvalue weighted by Crippen LogP contribution is -2.17. The molecule has 0 spiro atoms. The number of hydrogen-bond acceptors (Lipinski definition) is 4. The van der Waals surface area contributed by atoms with Crippen LogP contribution in [0.4, 0.5) is 8.78 Å². The van der Waals surface area contributed by atoms with Gasteiger partial charge in [0.05, 0.1) is 4.91 Å². The molecule has 1 aliphatic rings. The highest BCUT2D eigenvalue weighted by Crippen LogP contribution is 2.34. The van der Waals surface area contributed by atoms with Crippen molar-refractivity contribution in [3.63, 3.8) is 0 Å². The number of halogens is 2. The van der Waals surface area contributed by atoms with Crippen molar-refractivity contribution in [2.45, 2.75) is 6.61 Å². The van der Waals surface area contributed by atoms with Gasteiger partial charge >= 0.3 is 6.61 Å². The maximum atomic E-state index is 12.6. The minimum absolute atomic E-state index is 0.0208. The van der Waals surface area contributed by atoms with Gasteiger partial charge in [0.2, 0.25) is 0 Å². The van der Waals surface area contributed by atoms with Crippen LogP contribution in [-0.4, -0.2) is 16.8 Å². The molecular formula is C15H9F2NO2S2. The first-order valence-electron chi connectivity index (χ1n) is 6.26. The number of rotatable bonds is 3. The van der Waals surface area contributed by atoms with E-state index in [0.717, 1.165) is 22.5 Å². The fraction of sp³-hybridized carbons (Fsp3) is 0.0667. The van der Waals surface area contributed by atoms with Crippen LogP contribution in [-0.2, 0) is 4.79 Å². The van der Waals surface area contributed by atoms with Crippen LogP contribution in [0.2, 0.25) is 0 Å². The van der Waals surface area contributed by atoms with Gasteiger partial charge in [0.1, 0.15) is 10.1 Å². The number of hydrogen-bond donors (Lipinski definition) is 1. The summed E-state index contributed by atoms with van der Waals surface area (Å²) in [5.74, 6) is -0.321. The molecule has 1 amide bonds. The molecule has 1 fully saturated rings. The lowest BCUT2D eigenvalue weighted by atomic mass is 10.0. The maximum Gasteiger partial charge on any atom is 0.387 e. The summed E-state index contributed by atoms with van der Waals surface area (Å²) in [7, 11) is 0. The molecule has 22 heavy (non-hydrogen) atoms. The Labute approximate surface area is 134 Å². The van der Waals surface area contributed by atoms with E-state index in [9.17, 15) is 13.6 Å². The molecule has 3 nitrogen and oxygen atoms in total. The zero-order valence-electron chi connectivity index (χ0n) is 11.0. The molecular weight excluding hydrogens is 328 g/mol. The van der Waals surface area contributed by atoms with Gasteiger partial charge < -0.3 is 10.1 Å². The summed E-state index contributed by atoms with van der Waals surface area (Å²) in [6.07, 6.45) is 1.53. The van der Waals surface area contributed by atoms with Crippen molar-refractivity contribution in [1.82, 2.24) is 5.32 Å². The first-order chi connectivity index (χ1) is 10.5. The Balaban J connectivity index is 2.18. The third-order valence-electron chi connectivity index (χ3n) is 3.06. The minimum Gasteiger partial charge on any atom is -0.434 e. The van der Waals surface area contributed by atoms with E-state index in [1.54, 1.807) is 18.2 Å². The molecule has 3 rings (SSSR count). The average molecular weight is 337 g/mol. The van der Waals surface area contributed by atoms with Crippen molar-refractivity contribution in [3.05, 3.63) is 46.9 Å². The van der Waals surface area contributed by atoms with Crippen molar-refractivity contribution < 1.29 is 18.3 Å². The van der Waals surface area contributed by atoms with Crippen LogP contribution in [0.3, 0.4) is 0 Å². The Morgan fingerprint density at radius 1 is 1.23 bits per heavy atom. The van der Waals surface area contributed by atoms with Crippen LogP contribution in [0, 0.1) is 0 Å². The molecule has 2 aromatic rings. The Morgan fingerprint density at radius 2 is 2.00 bits per heavy atom. The van der Waals surface area contributed by atoms with Crippen LogP contribution in [0.25, 0.3) is 16.8 Å². The quantitative estimate of drug-likeness (QED) is 0.680. The summed E-state index contributed by atoms with van der Waals surface area (Å²) in [4.78, 5) is 12.1. The predicted octanol–water partition coefficient (Wildman–Crippen LogP) is 3.93. The SMILES string of the molecule is O=C1NC(=S)SC1=Cc1c(OC(F)F)ccc2ccccc12. The Kier molecular flexibility index (Phi) is 4.08. The third kappa shape index (κ3) is 2.95. The van der Waals surface area contributed by atoms with E-state index < -0.39 is 6.61 Å². The maximum absolute atomic E-state index is 12.6. The first-order valence-corrected chi connectivity index (χ1v) is 7.48. The van der Waals surface area contributed by atoms with Gasteiger partial charge in [0.15, 0.2) is 0 Å². The summed E-state index contributed by atoms with van der Waals surface area (Å²) in [5, 5.41) is 4.08. The Morgan fingerprint density at radius 3 is 2.68 bits per heavy atom. The molecule has 1 N–H and O–H groups in total. The smallest absolute Gasteiger partial charge is 0.387 e. The fourth-order valence-electron chi connectivity index (χ4n) is 2.18. The highest BCUT2D eigenvalue weighted by atomic mass is 32.2. The summed E-state index contributed by atoms with van der Waals surface area (Å²) >= 11 is 6.02. The number of thiocarbonyl (C=S) groups is 1. The van der Waals surface area contributed by atoms with E-state index in [1.807, 2.05) is 12.1 Å². The summed E-state index contributed by atoms with van der Waals surface area (Å²) < 4.78 is 30.1. The van der Waals surface area contributed by atoms with E-state index in [1.165, 1.54) is 12.1 Å². The summed E-state index contributed by atoms with van der Waals surface area (Å²) in [6.45, 7) is -2.94. The largest absolute Gasteiger partial charge is 0.434 e. The normalized spacial score (nSPS) is 16.6. The van der Waals surface area contributed by atoms with Gasteiger partial charge in [-0.05, 0) is 22.9 Å². The zero-order valence-corrected chi connectivity index (χ0v) is 12.6. The van der Waals surface area contributed by atoms with Crippen LogP contribution in [0.5, 0.6) is 5.75 Å². The van der Waals surface area contributed by atoms with Crippen molar-refractivity contribution in [1.29, 1.82) is 0 Å². The molecule has 0 atom stereocenters. The lowest BCUT2D eigenvalue weighted by Gasteiger charge is -2.11. The molecule has 0 saturated carbocycles. The average Bonchev–Trinajstić information content (AvgIpc) is 2.79. The molecule has 1 saturated heterocycles. The van der Waals surface area contributed by atoms with Gasteiger partial charge in [-0.1, -0.05) is 54.3 Å². The lowest BCUT2D eigenvalue weighted by molar-refractivity contribution is -0.115. The zero-order chi connectivity index (χ0) is 15.7. The second kappa shape index (κ2) is 6.02. The van der Waals surface area contributed by atoms with Crippen molar-refractivity contribution in [3.8, 4) is 5.75 Å². The first kappa shape index (κ1) is 14.9. The molecule has 112 valence electrons. The fourth-order valence-corrected chi connectivity index (χ4v) is 3.20. The van der Waals surface area contributed by atoms with Crippen LogP contribution >= 0.6 is 24.0 Å². The van der Waals surface area contributed by atoms with Crippen LogP contribution in [0.15, 0.2) is 41.3 Å². The standard InChI is InChI=1S/C15H9F2NO2S2/c16-14(17)20-11-6-5-8-3-1-2-4-9(8)10(11)7-12-13(19)18-15(21)22-12/h1-7,14H,(H,18,19,21). The number of alkyl halides is 2. The number of thioether (sulfide) groups is 1. The van der Waals surface area contributed by atoms with Gasteiger partial charge in [0.25, 0.3) is 5.91 Å². The number of benzene rings is 2. The molecule has 1 aliphatic heterocycles. The minimum atomic E-state index is -2.94. The van der Waals surface area contributed by atoms with Gasteiger partial charge in [-0.2, -0.15) is 8.78 Å². The predicted molar refractivity (Wildman–Crippen MR) is 86.9 cm³/mol. The van der Waals surface area contributed by atoms with Gasteiger partial charge in [-0.3, -0.25) is 4.79 Å². The Hall–Kier alpha value is -1.99. The van der Waals surface area contributed by atoms with Crippen LogP contribution in [0.1, 0.15) is 5.56 Å². The highest BCUT2D eigenvalue weighted by Gasteiger charge is 2.23. The van der Waals surface area contributed by atoms with Crippen LogP contribution < -0.4 is 10.1 Å². The molecule has 0 aromatic heterocycles. The van der Waals surface area contributed by atoms with Gasteiger partial charge in [-0.15, -0.1) is 0 Å². The van der Waals surface area contributed by atoms with E-state index in [-0.39, 0.29) is 11.7 Å². The number of nitrogens with one attached hydrogen (secondary N) is 1.